The van der Waals surface area contributed by atoms with Gasteiger partial charge in [0.2, 0.25) is 0 Å². The number of pyridine rings is 1. The van der Waals surface area contributed by atoms with Crippen LogP contribution in [0.2, 0.25) is 5.02 Å². The van der Waals surface area contributed by atoms with Crippen LogP contribution in [0, 0.1) is 11.3 Å². The second kappa shape index (κ2) is 10.0. The van der Waals surface area contributed by atoms with Gasteiger partial charge in [-0.25, -0.2) is 4.79 Å². The molecule has 2 aliphatic rings. The van der Waals surface area contributed by atoms with E-state index < -0.39 is 5.60 Å². The van der Waals surface area contributed by atoms with Crippen LogP contribution in [0.3, 0.4) is 0 Å². The van der Waals surface area contributed by atoms with Gasteiger partial charge in [0.05, 0.1) is 26.7 Å². The summed E-state index contributed by atoms with van der Waals surface area (Å²) < 4.78 is 14.0. The highest BCUT2D eigenvalue weighted by molar-refractivity contribution is 9.10. The minimum atomic E-state index is -0.608. The molecule has 1 aromatic carbocycles. The number of carbonyl (C=O) groups excluding carboxylic acids is 1. The van der Waals surface area contributed by atoms with E-state index in [9.17, 15) is 14.9 Å². The maximum absolute atomic E-state index is 13.9. The fourth-order valence-electron chi connectivity index (χ4n) is 5.17. The van der Waals surface area contributed by atoms with Crippen LogP contribution < -0.4 is 15.2 Å². The summed E-state index contributed by atoms with van der Waals surface area (Å²) in [6, 6.07) is 3.30. The van der Waals surface area contributed by atoms with Crippen molar-refractivity contribution >= 4 is 50.2 Å². The first-order valence-electron chi connectivity index (χ1n) is 12.3. The van der Waals surface area contributed by atoms with E-state index in [-0.39, 0.29) is 41.9 Å². The quantitative estimate of drug-likeness (QED) is 0.512. The number of rotatable bonds is 3. The number of aromatic nitrogens is 1. The van der Waals surface area contributed by atoms with Gasteiger partial charge in [0.15, 0.2) is 5.75 Å². The predicted molar refractivity (Wildman–Crippen MR) is 148 cm³/mol. The molecule has 9 nitrogen and oxygen atoms in total. The Labute approximate surface area is 230 Å². The second-order valence-electron chi connectivity index (χ2n) is 11.1. The van der Waals surface area contributed by atoms with E-state index in [1.165, 1.54) is 0 Å². The van der Waals surface area contributed by atoms with Gasteiger partial charge < -0.3 is 24.2 Å². The largest absolute Gasteiger partial charge is 0.488 e. The van der Waals surface area contributed by atoms with Crippen LogP contribution in [-0.2, 0) is 4.74 Å². The van der Waals surface area contributed by atoms with Gasteiger partial charge in [-0.3, -0.25) is 9.36 Å². The van der Waals surface area contributed by atoms with E-state index in [1.807, 2.05) is 58.5 Å². The van der Waals surface area contributed by atoms with E-state index in [1.54, 1.807) is 15.5 Å². The van der Waals surface area contributed by atoms with Crippen molar-refractivity contribution in [1.29, 1.82) is 5.26 Å². The molecule has 3 atom stereocenters. The van der Waals surface area contributed by atoms with Crippen molar-refractivity contribution in [2.45, 2.75) is 58.3 Å². The first-order chi connectivity index (χ1) is 17.2. The number of benzene rings is 1. The highest BCUT2D eigenvalue weighted by Crippen LogP contribution is 2.46. The molecule has 3 heterocycles. The molecule has 4 rings (SSSR count). The van der Waals surface area contributed by atoms with E-state index in [4.69, 9.17) is 21.1 Å². The van der Waals surface area contributed by atoms with Gasteiger partial charge in [0.25, 0.3) is 5.56 Å². The topological polar surface area (TPSA) is 91.0 Å². The number of nitrogens with zero attached hydrogens (tertiary/aromatic N) is 5. The van der Waals surface area contributed by atoms with Gasteiger partial charge in [-0.2, -0.15) is 5.26 Å². The molecule has 0 bridgehead atoms. The zero-order valence-electron chi connectivity index (χ0n) is 22.3. The number of carbonyl (C=O) groups is 1. The standard InChI is InChI=1S/C26H33BrClN5O4/c1-14-11-32(25(35)37-26(3,4)5)15(2)10-31(14)21-17-8-19(28)20(27)23-22(17)33(24(34)18(21)9-29)16(13-36-23)12-30(6)7/h8,14-16H,10-13H2,1-7H3. The highest BCUT2D eigenvalue weighted by Gasteiger charge is 2.38. The van der Waals surface area contributed by atoms with Crippen molar-refractivity contribution in [2.75, 3.05) is 45.2 Å². The molecule has 37 heavy (non-hydrogen) atoms. The lowest BCUT2D eigenvalue weighted by molar-refractivity contribution is 0.0130. The zero-order chi connectivity index (χ0) is 27.4. The number of likely N-dealkylation sites (N-methyl/N-ethyl adjacent to an activating group) is 1. The second-order valence-corrected chi connectivity index (χ2v) is 12.3. The van der Waals surface area contributed by atoms with Gasteiger partial charge in [-0.05, 0) is 70.7 Å². The SMILES string of the molecule is CC1CN(c2c(C#N)c(=O)n3c4c(c(Br)c(Cl)cc24)OCC3CN(C)C)C(C)CN1C(=O)OC(C)(C)C. The highest BCUT2D eigenvalue weighted by atomic mass is 79.9. The fraction of sp³-hybridized carbons (Fsp3) is 0.577. The summed E-state index contributed by atoms with van der Waals surface area (Å²) in [4.78, 5) is 32.5. The van der Waals surface area contributed by atoms with Gasteiger partial charge in [-0.1, -0.05) is 11.6 Å². The maximum Gasteiger partial charge on any atom is 0.410 e. The molecular weight excluding hydrogens is 562 g/mol. The molecule has 1 amide bonds. The summed E-state index contributed by atoms with van der Waals surface area (Å²) in [6.07, 6.45) is -0.379. The van der Waals surface area contributed by atoms with E-state index in [0.29, 0.717) is 51.5 Å². The lowest BCUT2D eigenvalue weighted by Gasteiger charge is -2.46. The zero-order valence-corrected chi connectivity index (χ0v) is 24.6. The third kappa shape index (κ3) is 5.01. The molecule has 0 saturated carbocycles. The Hall–Kier alpha value is -2.48. The van der Waals surface area contributed by atoms with Crippen molar-refractivity contribution in [3.63, 3.8) is 0 Å². The average Bonchev–Trinajstić information content (AvgIpc) is 2.79. The Kier molecular flexibility index (Phi) is 7.45. The lowest BCUT2D eigenvalue weighted by atomic mass is 10.0. The number of anilines is 1. The Morgan fingerprint density at radius 2 is 1.97 bits per heavy atom. The van der Waals surface area contributed by atoms with Crippen molar-refractivity contribution in [1.82, 2.24) is 14.4 Å². The van der Waals surface area contributed by atoms with Crippen molar-refractivity contribution in [3.05, 3.63) is 31.5 Å². The summed E-state index contributed by atoms with van der Waals surface area (Å²) >= 11 is 10.1. The third-order valence-corrected chi connectivity index (χ3v) is 8.00. The first-order valence-corrected chi connectivity index (χ1v) is 13.5. The van der Waals surface area contributed by atoms with E-state index in [2.05, 4.69) is 22.0 Å². The number of amides is 1. The van der Waals surface area contributed by atoms with E-state index >= 15 is 0 Å². The molecular formula is C26H33BrClN5O4. The number of nitriles is 1. The van der Waals surface area contributed by atoms with Gasteiger partial charge in [0, 0.05) is 37.1 Å². The molecule has 1 saturated heterocycles. The predicted octanol–water partition coefficient (Wildman–Crippen LogP) is 4.62. The normalized spacial score (nSPS) is 21.7. The molecule has 0 radical (unpaired) electrons. The number of halogens is 2. The van der Waals surface area contributed by atoms with Crippen LogP contribution in [0.25, 0.3) is 10.9 Å². The van der Waals surface area contributed by atoms with Crippen LogP contribution in [-0.4, -0.2) is 78.5 Å². The molecule has 3 unspecified atom stereocenters. The van der Waals surface area contributed by atoms with Gasteiger partial charge >= 0.3 is 6.09 Å². The van der Waals surface area contributed by atoms with Crippen molar-refractivity contribution < 1.29 is 14.3 Å². The summed E-state index contributed by atoms with van der Waals surface area (Å²) in [5, 5.41) is 11.4. The van der Waals surface area contributed by atoms with Crippen LogP contribution >= 0.6 is 27.5 Å². The Morgan fingerprint density at radius 3 is 2.57 bits per heavy atom. The molecule has 200 valence electrons. The van der Waals surface area contributed by atoms with Gasteiger partial charge in [0.1, 0.15) is 23.8 Å². The molecule has 1 aromatic heterocycles. The Bertz CT molecular complexity index is 1350. The number of hydrogen-bond donors (Lipinski definition) is 0. The summed E-state index contributed by atoms with van der Waals surface area (Å²) in [5.41, 5.74) is 0.232. The summed E-state index contributed by atoms with van der Waals surface area (Å²) in [5.74, 6) is 0.494. The molecule has 0 N–H and O–H groups in total. The Morgan fingerprint density at radius 1 is 1.30 bits per heavy atom. The molecule has 2 aromatic rings. The molecule has 0 spiro atoms. The molecule has 11 heteroatoms. The monoisotopic (exact) mass is 593 g/mol. The van der Waals surface area contributed by atoms with Crippen molar-refractivity contribution in [2.24, 2.45) is 0 Å². The third-order valence-electron chi connectivity index (χ3n) is 6.69. The van der Waals surface area contributed by atoms with E-state index in [0.717, 1.165) is 0 Å². The smallest absolute Gasteiger partial charge is 0.410 e. The molecule has 1 fully saturated rings. The van der Waals surface area contributed by atoms with Crippen LogP contribution in [0.1, 0.15) is 46.2 Å². The fourth-order valence-corrected chi connectivity index (χ4v) is 5.78. The van der Waals surface area contributed by atoms with Crippen LogP contribution in [0.4, 0.5) is 10.5 Å². The number of piperazine rings is 1. The lowest BCUT2D eigenvalue weighted by Crippen LogP contribution is -2.59. The molecule has 2 aliphatic heterocycles. The summed E-state index contributed by atoms with van der Waals surface area (Å²) in [6.45, 7) is 11.1. The first kappa shape index (κ1) is 27.6. The number of hydrogen-bond acceptors (Lipinski definition) is 7. The Balaban J connectivity index is 1.89. The minimum Gasteiger partial charge on any atom is -0.488 e. The maximum atomic E-state index is 13.9. The average molecular weight is 595 g/mol. The number of ether oxygens (including phenoxy) is 2. The summed E-state index contributed by atoms with van der Waals surface area (Å²) in [7, 11) is 3.87. The minimum absolute atomic E-state index is 0.0623. The van der Waals surface area contributed by atoms with Crippen LogP contribution in [0.15, 0.2) is 15.3 Å². The molecule has 0 aliphatic carbocycles. The van der Waals surface area contributed by atoms with Crippen molar-refractivity contribution in [3.8, 4) is 11.8 Å². The van der Waals surface area contributed by atoms with Gasteiger partial charge in [-0.15, -0.1) is 0 Å². The van der Waals surface area contributed by atoms with Crippen LogP contribution in [0.5, 0.6) is 5.75 Å².